The van der Waals surface area contributed by atoms with E-state index >= 15 is 0 Å². The molecule has 2 rings (SSSR count). The van der Waals surface area contributed by atoms with E-state index in [0.29, 0.717) is 13.0 Å². The van der Waals surface area contributed by atoms with Crippen LogP contribution in [0.25, 0.3) is 10.9 Å². The largest absolute Gasteiger partial charge is 0.469 e. The van der Waals surface area contributed by atoms with Gasteiger partial charge in [0.05, 0.1) is 19.0 Å². The molecular formula is C13H15N3O2. The molecular weight excluding hydrogens is 230 g/mol. The second-order valence-electron chi connectivity index (χ2n) is 3.94. The van der Waals surface area contributed by atoms with Crippen molar-refractivity contribution >= 4 is 22.7 Å². The molecule has 1 aromatic heterocycles. The van der Waals surface area contributed by atoms with Gasteiger partial charge in [0.25, 0.3) is 0 Å². The molecule has 0 aliphatic heterocycles. The number of rotatable bonds is 4. The molecule has 0 aliphatic rings. The Morgan fingerprint density at radius 3 is 3.00 bits per heavy atom. The highest BCUT2D eigenvalue weighted by molar-refractivity contribution is 5.91. The van der Waals surface area contributed by atoms with Crippen molar-refractivity contribution in [3.05, 3.63) is 30.1 Å². The normalized spacial score (nSPS) is 10.3. The molecule has 5 nitrogen and oxygen atoms in total. The van der Waals surface area contributed by atoms with Crippen molar-refractivity contribution in [2.45, 2.75) is 13.3 Å². The first-order valence-corrected chi connectivity index (χ1v) is 5.73. The first-order chi connectivity index (χ1) is 8.72. The highest BCUT2D eigenvalue weighted by Crippen LogP contribution is 2.22. The number of esters is 1. The van der Waals surface area contributed by atoms with Gasteiger partial charge in [0.1, 0.15) is 12.1 Å². The third kappa shape index (κ3) is 2.56. The van der Waals surface area contributed by atoms with Crippen LogP contribution < -0.4 is 5.32 Å². The predicted octanol–water partition coefficient (Wildman–Crippen LogP) is 1.91. The van der Waals surface area contributed by atoms with Crippen LogP contribution in [-0.4, -0.2) is 29.6 Å². The number of aryl methyl sites for hydroxylation is 1. The third-order valence-electron chi connectivity index (χ3n) is 2.72. The predicted molar refractivity (Wildman–Crippen MR) is 69.4 cm³/mol. The van der Waals surface area contributed by atoms with E-state index in [1.54, 1.807) is 0 Å². The summed E-state index contributed by atoms with van der Waals surface area (Å²) in [5.74, 6) is 0.514. The van der Waals surface area contributed by atoms with Gasteiger partial charge < -0.3 is 10.1 Å². The molecule has 18 heavy (non-hydrogen) atoms. The van der Waals surface area contributed by atoms with Gasteiger partial charge in [0.2, 0.25) is 0 Å². The maximum atomic E-state index is 11.0. The van der Waals surface area contributed by atoms with Gasteiger partial charge in [-0.25, -0.2) is 9.97 Å². The molecule has 0 aliphatic carbocycles. The molecule has 94 valence electrons. The first kappa shape index (κ1) is 12.3. The van der Waals surface area contributed by atoms with E-state index in [-0.39, 0.29) is 5.97 Å². The van der Waals surface area contributed by atoms with Crippen LogP contribution in [0.3, 0.4) is 0 Å². The fourth-order valence-electron chi connectivity index (χ4n) is 1.80. The Bertz CT molecular complexity index is 564. The maximum Gasteiger partial charge on any atom is 0.307 e. The molecule has 0 unspecified atom stereocenters. The van der Waals surface area contributed by atoms with E-state index < -0.39 is 0 Å². The van der Waals surface area contributed by atoms with Crippen LogP contribution in [0.4, 0.5) is 5.82 Å². The van der Waals surface area contributed by atoms with Crippen LogP contribution in [0, 0.1) is 6.92 Å². The van der Waals surface area contributed by atoms with E-state index in [1.165, 1.54) is 13.4 Å². The first-order valence-electron chi connectivity index (χ1n) is 5.73. The molecule has 0 amide bonds. The molecule has 1 aromatic carbocycles. The summed E-state index contributed by atoms with van der Waals surface area (Å²) in [5, 5.41) is 4.13. The van der Waals surface area contributed by atoms with E-state index in [9.17, 15) is 4.79 Å². The Balaban J connectivity index is 2.20. The zero-order valence-electron chi connectivity index (χ0n) is 10.4. The summed E-state index contributed by atoms with van der Waals surface area (Å²) in [6.45, 7) is 2.50. The number of fused-ring (bicyclic) bond motifs is 1. The SMILES string of the molecule is COC(=O)CCNc1ncnc2cccc(C)c12. The van der Waals surface area contributed by atoms with E-state index in [1.807, 2.05) is 25.1 Å². The van der Waals surface area contributed by atoms with Crippen molar-refractivity contribution in [1.82, 2.24) is 9.97 Å². The zero-order chi connectivity index (χ0) is 13.0. The summed E-state index contributed by atoms with van der Waals surface area (Å²) >= 11 is 0. The Morgan fingerprint density at radius 2 is 2.22 bits per heavy atom. The number of nitrogens with one attached hydrogen (secondary N) is 1. The number of methoxy groups -OCH3 is 1. The van der Waals surface area contributed by atoms with Crippen molar-refractivity contribution in [1.29, 1.82) is 0 Å². The number of hydrogen-bond acceptors (Lipinski definition) is 5. The van der Waals surface area contributed by atoms with Gasteiger partial charge in [0, 0.05) is 11.9 Å². The summed E-state index contributed by atoms with van der Waals surface area (Å²) in [5.41, 5.74) is 2.00. The lowest BCUT2D eigenvalue weighted by Crippen LogP contribution is -2.11. The fraction of sp³-hybridized carbons (Fsp3) is 0.308. The van der Waals surface area contributed by atoms with E-state index in [2.05, 4.69) is 20.0 Å². The average molecular weight is 245 g/mol. The van der Waals surface area contributed by atoms with Crippen molar-refractivity contribution < 1.29 is 9.53 Å². The summed E-state index contributed by atoms with van der Waals surface area (Å²) < 4.78 is 4.59. The Morgan fingerprint density at radius 1 is 1.39 bits per heavy atom. The molecule has 1 N–H and O–H groups in total. The Kier molecular flexibility index (Phi) is 3.72. The Hall–Kier alpha value is -2.17. The number of anilines is 1. The molecule has 5 heteroatoms. The van der Waals surface area contributed by atoms with Gasteiger partial charge in [-0.3, -0.25) is 4.79 Å². The lowest BCUT2D eigenvalue weighted by molar-refractivity contribution is -0.140. The average Bonchev–Trinajstić information content (AvgIpc) is 2.39. The molecule has 0 fully saturated rings. The lowest BCUT2D eigenvalue weighted by atomic mass is 10.1. The fourth-order valence-corrected chi connectivity index (χ4v) is 1.80. The monoisotopic (exact) mass is 245 g/mol. The summed E-state index contributed by atoms with van der Waals surface area (Å²) in [7, 11) is 1.38. The highest BCUT2D eigenvalue weighted by Gasteiger charge is 2.06. The standard InChI is InChI=1S/C13H15N3O2/c1-9-4-3-5-10-12(9)13(16-8-15-10)14-7-6-11(17)18-2/h3-5,8H,6-7H2,1-2H3,(H,14,15,16). The summed E-state index contributed by atoms with van der Waals surface area (Å²) in [6, 6.07) is 5.91. The van der Waals surface area contributed by atoms with E-state index in [4.69, 9.17) is 0 Å². The van der Waals surface area contributed by atoms with Gasteiger partial charge in [0.15, 0.2) is 0 Å². The van der Waals surface area contributed by atoms with Crippen LogP contribution in [0.2, 0.25) is 0 Å². The number of nitrogens with zero attached hydrogens (tertiary/aromatic N) is 2. The molecule has 1 heterocycles. The van der Waals surface area contributed by atoms with Crippen LogP contribution in [0.5, 0.6) is 0 Å². The molecule has 0 spiro atoms. The highest BCUT2D eigenvalue weighted by atomic mass is 16.5. The smallest absolute Gasteiger partial charge is 0.307 e. The van der Waals surface area contributed by atoms with Crippen LogP contribution in [0.15, 0.2) is 24.5 Å². The quantitative estimate of drug-likeness (QED) is 0.834. The summed E-state index contributed by atoms with van der Waals surface area (Å²) in [4.78, 5) is 19.5. The minimum Gasteiger partial charge on any atom is -0.469 e. The van der Waals surface area contributed by atoms with Crippen LogP contribution >= 0.6 is 0 Å². The maximum absolute atomic E-state index is 11.0. The molecule has 0 bridgehead atoms. The molecule has 0 radical (unpaired) electrons. The Labute approximate surface area is 105 Å². The second-order valence-corrected chi connectivity index (χ2v) is 3.94. The van der Waals surface area contributed by atoms with Gasteiger partial charge in [-0.2, -0.15) is 0 Å². The second kappa shape index (κ2) is 5.44. The van der Waals surface area contributed by atoms with Crippen LogP contribution in [0.1, 0.15) is 12.0 Å². The molecule has 0 atom stereocenters. The molecule has 0 saturated carbocycles. The van der Waals surface area contributed by atoms with Gasteiger partial charge in [-0.05, 0) is 18.6 Å². The van der Waals surface area contributed by atoms with Gasteiger partial charge in [-0.15, -0.1) is 0 Å². The van der Waals surface area contributed by atoms with Crippen LogP contribution in [-0.2, 0) is 9.53 Å². The van der Waals surface area contributed by atoms with Crippen molar-refractivity contribution in [3.63, 3.8) is 0 Å². The number of carbonyl (C=O) groups excluding carboxylic acids is 1. The third-order valence-corrected chi connectivity index (χ3v) is 2.72. The van der Waals surface area contributed by atoms with Crippen molar-refractivity contribution in [3.8, 4) is 0 Å². The molecule has 0 saturated heterocycles. The van der Waals surface area contributed by atoms with Crippen molar-refractivity contribution in [2.75, 3.05) is 19.0 Å². The topological polar surface area (TPSA) is 64.1 Å². The lowest BCUT2D eigenvalue weighted by Gasteiger charge is -2.09. The number of ether oxygens (including phenoxy) is 1. The number of carbonyl (C=O) groups is 1. The van der Waals surface area contributed by atoms with E-state index in [0.717, 1.165) is 22.3 Å². The number of aromatic nitrogens is 2. The number of benzene rings is 1. The van der Waals surface area contributed by atoms with Crippen molar-refractivity contribution in [2.24, 2.45) is 0 Å². The molecule has 2 aromatic rings. The zero-order valence-corrected chi connectivity index (χ0v) is 10.4. The van der Waals surface area contributed by atoms with Gasteiger partial charge >= 0.3 is 5.97 Å². The minimum absolute atomic E-state index is 0.238. The minimum atomic E-state index is -0.238. The van der Waals surface area contributed by atoms with Gasteiger partial charge in [-0.1, -0.05) is 12.1 Å². The summed E-state index contributed by atoms with van der Waals surface area (Å²) in [6.07, 6.45) is 1.83. The number of hydrogen-bond donors (Lipinski definition) is 1.